The first-order valence-electron chi connectivity index (χ1n) is 10.8. The molecule has 166 valence electrons. The average Bonchev–Trinajstić information content (AvgIpc) is 2.72. The molecule has 1 aromatic rings. The summed E-state index contributed by atoms with van der Waals surface area (Å²) in [5, 5.41) is 16.5. The van der Waals surface area contributed by atoms with Crippen molar-refractivity contribution in [3.63, 3.8) is 0 Å². The number of halogens is 1. The highest BCUT2D eigenvalue weighted by Crippen LogP contribution is 2.18. The molecule has 29 heavy (non-hydrogen) atoms. The van der Waals surface area contributed by atoms with Gasteiger partial charge in [-0.2, -0.15) is 0 Å². The Balaban J connectivity index is 0.00000420. The summed E-state index contributed by atoms with van der Waals surface area (Å²) in [6.45, 7) is 11.7. The zero-order valence-electron chi connectivity index (χ0n) is 18.2. The lowest BCUT2D eigenvalue weighted by Gasteiger charge is -2.27. The quantitative estimate of drug-likeness (QED) is 0.252. The van der Waals surface area contributed by atoms with Gasteiger partial charge in [-0.25, -0.2) is 4.99 Å². The Morgan fingerprint density at radius 1 is 1.10 bits per heavy atom. The summed E-state index contributed by atoms with van der Waals surface area (Å²) in [6.07, 6.45) is 3.58. The molecule has 0 heterocycles. The number of aliphatic hydroxyl groups excluding tert-OH is 1. The molecule has 0 atom stereocenters. The highest BCUT2D eigenvalue weighted by molar-refractivity contribution is 14.0. The number of aliphatic hydroxyl groups is 1. The van der Waals surface area contributed by atoms with Crippen LogP contribution in [0.25, 0.3) is 0 Å². The van der Waals surface area contributed by atoms with Crippen molar-refractivity contribution in [1.29, 1.82) is 0 Å². The van der Waals surface area contributed by atoms with Crippen LogP contribution in [0.15, 0.2) is 29.3 Å². The highest BCUT2D eigenvalue weighted by atomic mass is 127. The molecular weight excluding hydrogens is 479 g/mol. The molecule has 0 aliphatic heterocycles. The highest BCUT2D eigenvalue weighted by Gasteiger charge is 2.19. The van der Waals surface area contributed by atoms with Gasteiger partial charge in [-0.1, -0.05) is 26.0 Å². The number of ether oxygens (including phenoxy) is 1. The van der Waals surface area contributed by atoms with E-state index in [4.69, 9.17) is 9.73 Å². The third-order valence-corrected chi connectivity index (χ3v) is 5.30. The van der Waals surface area contributed by atoms with Crippen molar-refractivity contribution in [3.05, 3.63) is 29.8 Å². The number of hydrogen-bond acceptors (Lipinski definition) is 4. The van der Waals surface area contributed by atoms with Gasteiger partial charge in [0.25, 0.3) is 0 Å². The molecule has 1 aliphatic carbocycles. The molecular formula is C22H39IN4O2. The predicted molar refractivity (Wildman–Crippen MR) is 131 cm³/mol. The lowest BCUT2D eigenvalue weighted by atomic mass is 9.93. The summed E-state index contributed by atoms with van der Waals surface area (Å²) in [6, 6.07) is 8.60. The fourth-order valence-corrected chi connectivity index (χ4v) is 3.43. The van der Waals surface area contributed by atoms with E-state index in [1.807, 2.05) is 12.1 Å². The van der Waals surface area contributed by atoms with Crippen LogP contribution in [0, 0.1) is 0 Å². The monoisotopic (exact) mass is 518 g/mol. The molecule has 0 unspecified atom stereocenters. The second-order valence-corrected chi connectivity index (χ2v) is 7.36. The molecule has 0 saturated heterocycles. The Kier molecular flexibility index (Phi) is 13.3. The number of likely N-dealkylation sites (N-methyl/N-ethyl adjacent to an activating group) is 1. The van der Waals surface area contributed by atoms with E-state index >= 15 is 0 Å². The topological polar surface area (TPSA) is 69.1 Å². The zero-order valence-corrected chi connectivity index (χ0v) is 20.5. The molecule has 0 amide bonds. The van der Waals surface area contributed by atoms with Gasteiger partial charge in [-0.05, 0) is 63.4 Å². The minimum atomic E-state index is -0.134. The van der Waals surface area contributed by atoms with E-state index in [1.165, 1.54) is 0 Å². The van der Waals surface area contributed by atoms with Gasteiger partial charge in [-0.15, -0.1) is 24.0 Å². The van der Waals surface area contributed by atoms with Crippen LogP contribution in [0.3, 0.4) is 0 Å². The van der Waals surface area contributed by atoms with Crippen LogP contribution < -0.4 is 15.4 Å². The maximum atomic E-state index is 9.66. The van der Waals surface area contributed by atoms with Gasteiger partial charge in [0.15, 0.2) is 5.96 Å². The van der Waals surface area contributed by atoms with Crippen molar-refractivity contribution in [1.82, 2.24) is 15.5 Å². The summed E-state index contributed by atoms with van der Waals surface area (Å²) in [5.41, 5.74) is 1.16. The lowest BCUT2D eigenvalue weighted by Crippen LogP contribution is -2.45. The first kappa shape index (κ1) is 26.0. The van der Waals surface area contributed by atoms with E-state index in [2.05, 4.69) is 48.4 Å². The van der Waals surface area contributed by atoms with Gasteiger partial charge in [0.05, 0.1) is 12.6 Å². The molecule has 1 saturated carbocycles. The summed E-state index contributed by atoms with van der Waals surface area (Å²) in [7, 11) is 0. The van der Waals surface area contributed by atoms with Gasteiger partial charge < -0.3 is 25.4 Å². The second kappa shape index (κ2) is 14.8. The smallest absolute Gasteiger partial charge is 0.191 e. The number of benzene rings is 1. The molecule has 6 nitrogen and oxygen atoms in total. The van der Waals surface area contributed by atoms with Gasteiger partial charge >= 0.3 is 0 Å². The first-order chi connectivity index (χ1) is 13.6. The number of nitrogens with one attached hydrogen (secondary N) is 2. The number of aliphatic imine (C=N–C) groups is 1. The number of nitrogens with zero attached hydrogens (tertiary/aromatic N) is 2. The minimum Gasteiger partial charge on any atom is -0.492 e. The Bertz CT molecular complexity index is 571. The molecule has 7 heteroatoms. The van der Waals surface area contributed by atoms with Gasteiger partial charge in [0.2, 0.25) is 0 Å². The normalized spacial score (nSPS) is 19.6. The fourth-order valence-electron chi connectivity index (χ4n) is 3.43. The Labute approximate surface area is 193 Å². The van der Waals surface area contributed by atoms with E-state index in [0.717, 1.165) is 69.1 Å². The zero-order chi connectivity index (χ0) is 20.2. The summed E-state index contributed by atoms with van der Waals surface area (Å²) in [5.74, 6) is 1.76. The van der Waals surface area contributed by atoms with Crippen LogP contribution in [-0.4, -0.2) is 60.9 Å². The van der Waals surface area contributed by atoms with Crippen LogP contribution in [0.5, 0.6) is 5.75 Å². The van der Waals surface area contributed by atoms with Crippen molar-refractivity contribution in [2.24, 2.45) is 4.99 Å². The molecule has 0 bridgehead atoms. The van der Waals surface area contributed by atoms with E-state index in [1.54, 1.807) is 0 Å². The molecule has 3 N–H and O–H groups in total. The standard InChI is InChI=1S/C22H38N4O2.HI/c1-4-23-22(25-19-9-11-20(27)12-10-19)24-17-18-7-13-21(14-8-18)28-16-15-26(5-2)6-3;/h7-8,13-14,19-20,27H,4-6,9-12,15-17H2,1-3H3,(H2,23,24,25);1H. The molecule has 2 rings (SSSR count). The molecule has 0 spiro atoms. The maximum Gasteiger partial charge on any atom is 0.191 e. The number of guanidine groups is 1. The van der Waals surface area contributed by atoms with Crippen LogP contribution >= 0.6 is 24.0 Å². The Morgan fingerprint density at radius 3 is 2.34 bits per heavy atom. The van der Waals surface area contributed by atoms with E-state index in [0.29, 0.717) is 19.2 Å². The van der Waals surface area contributed by atoms with Crippen molar-refractivity contribution in [2.45, 2.75) is 65.1 Å². The third kappa shape index (κ3) is 10.00. The van der Waals surface area contributed by atoms with E-state index < -0.39 is 0 Å². The molecule has 0 radical (unpaired) electrons. The van der Waals surface area contributed by atoms with Crippen molar-refractivity contribution in [3.8, 4) is 5.75 Å². The van der Waals surface area contributed by atoms with Crippen molar-refractivity contribution >= 4 is 29.9 Å². The SMILES string of the molecule is CCNC(=NCc1ccc(OCCN(CC)CC)cc1)NC1CCC(O)CC1.I. The maximum absolute atomic E-state index is 9.66. The fraction of sp³-hybridized carbons (Fsp3) is 0.682. The molecule has 1 fully saturated rings. The van der Waals surface area contributed by atoms with Crippen molar-refractivity contribution in [2.75, 3.05) is 32.8 Å². The number of hydrogen-bond donors (Lipinski definition) is 3. The molecule has 1 aliphatic rings. The van der Waals surface area contributed by atoms with Crippen molar-refractivity contribution < 1.29 is 9.84 Å². The lowest BCUT2D eigenvalue weighted by molar-refractivity contribution is 0.120. The second-order valence-electron chi connectivity index (χ2n) is 7.36. The van der Waals surface area contributed by atoms with Gasteiger partial charge in [-0.3, -0.25) is 0 Å². The van der Waals surface area contributed by atoms with Crippen LogP contribution in [0.4, 0.5) is 0 Å². The van der Waals surface area contributed by atoms with E-state index in [9.17, 15) is 5.11 Å². The van der Waals surface area contributed by atoms with Gasteiger partial charge in [0, 0.05) is 19.1 Å². The summed E-state index contributed by atoms with van der Waals surface area (Å²) in [4.78, 5) is 7.07. The third-order valence-electron chi connectivity index (χ3n) is 5.30. The van der Waals surface area contributed by atoms with Crippen LogP contribution in [-0.2, 0) is 6.54 Å². The molecule has 1 aromatic carbocycles. The Morgan fingerprint density at radius 2 is 1.76 bits per heavy atom. The summed E-state index contributed by atoms with van der Waals surface area (Å²) < 4.78 is 5.85. The van der Waals surface area contributed by atoms with Crippen LogP contribution in [0.2, 0.25) is 0 Å². The minimum absolute atomic E-state index is 0. The summed E-state index contributed by atoms with van der Waals surface area (Å²) >= 11 is 0. The Hall–Kier alpha value is -1.06. The van der Waals surface area contributed by atoms with Crippen LogP contribution in [0.1, 0.15) is 52.0 Å². The average molecular weight is 518 g/mol. The first-order valence-corrected chi connectivity index (χ1v) is 10.8. The van der Waals surface area contributed by atoms with E-state index in [-0.39, 0.29) is 30.1 Å². The predicted octanol–water partition coefficient (Wildman–Crippen LogP) is 3.38. The number of rotatable bonds is 10. The largest absolute Gasteiger partial charge is 0.492 e. The molecule has 0 aromatic heterocycles. The van der Waals surface area contributed by atoms with Gasteiger partial charge in [0.1, 0.15) is 12.4 Å².